The van der Waals surface area contributed by atoms with E-state index >= 15 is 0 Å². The quantitative estimate of drug-likeness (QED) is 0.804. The molecule has 0 unspecified atom stereocenters. The lowest BCUT2D eigenvalue weighted by Gasteiger charge is -2.16. The van der Waals surface area contributed by atoms with Gasteiger partial charge in [-0.25, -0.2) is 8.78 Å². The monoisotopic (exact) mass is 323 g/mol. The smallest absolute Gasteiger partial charge is 0.252 e. The molecule has 0 spiro atoms. The zero-order chi connectivity index (χ0) is 16.1. The van der Waals surface area contributed by atoms with Gasteiger partial charge in [0.15, 0.2) is 11.6 Å². The number of hydrogen-bond acceptors (Lipinski definition) is 1. The van der Waals surface area contributed by atoms with E-state index in [4.69, 9.17) is 11.6 Å². The number of halogens is 3. The van der Waals surface area contributed by atoms with Crippen LogP contribution < -0.4 is 5.32 Å². The largest absolute Gasteiger partial charge is 0.351 e. The molecule has 22 heavy (non-hydrogen) atoms. The fraction of sp³-hybridized carbons (Fsp3) is 0.235. The van der Waals surface area contributed by atoms with E-state index in [1.165, 1.54) is 0 Å². The molecule has 2 rings (SSSR count). The second-order valence-corrected chi connectivity index (χ2v) is 5.38. The average Bonchev–Trinajstić information content (AvgIpc) is 2.52. The van der Waals surface area contributed by atoms with E-state index in [1.54, 1.807) is 0 Å². The average molecular weight is 324 g/mol. The fourth-order valence-corrected chi connectivity index (χ4v) is 2.47. The van der Waals surface area contributed by atoms with Crippen LogP contribution in [0.2, 0.25) is 5.02 Å². The Morgan fingerprint density at radius 3 is 2.45 bits per heavy atom. The third-order valence-electron chi connectivity index (χ3n) is 3.53. The topological polar surface area (TPSA) is 29.1 Å². The van der Waals surface area contributed by atoms with Crippen molar-refractivity contribution in [1.82, 2.24) is 5.32 Å². The third-order valence-corrected chi connectivity index (χ3v) is 3.84. The Balaban J connectivity index is 2.08. The van der Waals surface area contributed by atoms with Crippen molar-refractivity contribution in [3.05, 3.63) is 70.2 Å². The first-order chi connectivity index (χ1) is 10.5. The van der Waals surface area contributed by atoms with Gasteiger partial charge in [0.25, 0.3) is 5.91 Å². The molecule has 0 aliphatic rings. The first-order valence-electron chi connectivity index (χ1n) is 7.00. The molecular formula is C17H16ClF2NO. The van der Waals surface area contributed by atoms with Crippen molar-refractivity contribution in [2.45, 2.75) is 19.3 Å². The first-order valence-corrected chi connectivity index (χ1v) is 7.38. The van der Waals surface area contributed by atoms with Crippen LogP contribution in [0.4, 0.5) is 8.78 Å². The van der Waals surface area contributed by atoms with Crippen LogP contribution in [-0.2, 0) is 0 Å². The number of carbonyl (C=O) groups is 1. The van der Waals surface area contributed by atoms with E-state index in [0.29, 0.717) is 6.54 Å². The Hall–Kier alpha value is -1.94. The third kappa shape index (κ3) is 3.83. The van der Waals surface area contributed by atoms with Crippen LogP contribution in [0.25, 0.3) is 0 Å². The van der Waals surface area contributed by atoms with Crippen LogP contribution in [0.1, 0.15) is 35.2 Å². The number of benzene rings is 2. The van der Waals surface area contributed by atoms with Crippen LogP contribution in [0, 0.1) is 11.6 Å². The van der Waals surface area contributed by atoms with Crippen LogP contribution in [0.15, 0.2) is 42.5 Å². The highest BCUT2D eigenvalue weighted by Gasteiger charge is 2.16. The SMILES string of the molecule is CC[C@H](CNC(=O)c1cc(F)c(F)cc1Cl)c1ccccc1. The second-order valence-electron chi connectivity index (χ2n) is 4.97. The summed E-state index contributed by atoms with van der Waals surface area (Å²) in [4.78, 5) is 12.1. The van der Waals surface area contributed by atoms with Gasteiger partial charge in [0.1, 0.15) is 0 Å². The van der Waals surface area contributed by atoms with Crippen molar-refractivity contribution in [3.63, 3.8) is 0 Å². The van der Waals surface area contributed by atoms with Gasteiger partial charge in [0.2, 0.25) is 0 Å². The van der Waals surface area contributed by atoms with Crippen molar-refractivity contribution in [3.8, 4) is 0 Å². The molecule has 0 saturated carbocycles. The number of hydrogen-bond donors (Lipinski definition) is 1. The molecule has 1 amide bonds. The molecule has 0 bridgehead atoms. The standard InChI is InChI=1S/C17H16ClF2NO/c1-2-11(12-6-4-3-5-7-12)10-21-17(22)13-8-15(19)16(20)9-14(13)18/h3-9,11H,2,10H2,1H3,(H,21,22)/t11-/m1/s1. The van der Waals surface area contributed by atoms with Gasteiger partial charge < -0.3 is 5.32 Å². The molecule has 1 N–H and O–H groups in total. The van der Waals surface area contributed by atoms with Crippen molar-refractivity contribution < 1.29 is 13.6 Å². The van der Waals surface area contributed by atoms with Crippen LogP contribution >= 0.6 is 11.6 Å². The normalized spacial score (nSPS) is 12.0. The zero-order valence-electron chi connectivity index (χ0n) is 12.1. The fourth-order valence-electron chi connectivity index (χ4n) is 2.23. The molecule has 0 saturated heterocycles. The molecule has 2 aromatic carbocycles. The van der Waals surface area contributed by atoms with Gasteiger partial charge in [-0.15, -0.1) is 0 Å². The van der Waals surface area contributed by atoms with Crippen LogP contribution in [0.3, 0.4) is 0 Å². The number of nitrogens with one attached hydrogen (secondary N) is 1. The maximum Gasteiger partial charge on any atom is 0.252 e. The Morgan fingerprint density at radius 1 is 1.18 bits per heavy atom. The lowest BCUT2D eigenvalue weighted by molar-refractivity contribution is 0.0950. The molecule has 0 aliphatic heterocycles. The summed E-state index contributed by atoms with van der Waals surface area (Å²) >= 11 is 5.80. The van der Waals surface area contributed by atoms with Crippen molar-refractivity contribution in [2.24, 2.45) is 0 Å². The van der Waals surface area contributed by atoms with Gasteiger partial charge in [-0.1, -0.05) is 48.9 Å². The summed E-state index contributed by atoms with van der Waals surface area (Å²) in [5.74, 6) is -2.53. The van der Waals surface area contributed by atoms with E-state index in [-0.39, 0.29) is 16.5 Å². The minimum absolute atomic E-state index is 0.0662. The van der Waals surface area contributed by atoms with Crippen LogP contribution in [0.5, 0.6) is 0 Å². The molecule has 5 heteroatoms. The summed E-state index contributed by atoms with van der Waals surface area (Å²) in [5, 5.41) is 2.62. The van der Waals surface area contributed by atoms with Crippen LogP contribution in [-0.4, -0.2) is 12.5 Å². The molecular weight excluding hydrogens is 308 g/mol. The minimum atomic E-state index is -1.09. The predicted molar refractivity (Wildman–Crippen MR) is 83.2 cm³/mol. The molecule has 0 heterocycles. The van der Waals surface area contributed by atoms with E-state index in [9.17, 15) is 13.6 Å². The maximum absolute atomic E-state index is 13.2. The van der Waals surface area contributed by atoms with Gasteiger partial charge in [-0.2, -0.15) is 0 Å². The van der Waals surface area contributed by atoms with Gasteiger partial charge in [-0.05, 0) is 24.1 Å². The maximum atomic E-state index is 13.2. The molecule has 0 radical (unpaired) electrons. The highest BCUT2D eigenvalue weighted by atomic mass is 35.5. The number of rotatable bonds is 5. The van der Waals surface area contributed by atoms with E-state index < -0.39 is 17.5 Å². The highest BCUT2D eigenvalue weighted by molar-refractivity contribution is 6.33. The highest BCUT2D eigenvalue weighted by Crippen LogP contribution is 2.21. The molecule has 0 aliphatic carbocycles. The zero-order valence-corrected chi connectivity index (χ0v) is 12.8. The summed E-state index contributed by atoms with van der Waals surface area (Å²) in [6, 6.07) is 11.4. The van der Waals surface area contributed by atoms with Gasteiger partial charge in [0.05, 0.1) is 10.6 Å². The first kappa shape index (κ1) is 16.4. The lowest BCUT2D eigenvalue weighted by atomic mass is 9.96. The second kappa shape index (κ2) is 7.36. The van der Waals surface area contributed by atoms with Gasteiger partial charge in [-0.3, -0.25) is 4.79 Å². The molecule has 2 nitrogen and oxygen atoms in total. The number of carbonyl (C=O) groups excluding carboxylic acids is 1. The Morgan fingerprint density at radius 2 is 1.82 bits per heavy atom. The predicted octanol–water partition coefficient (Wildman–Crippen LogP) is 4.54. The summed E-state index contributed by atoms with van der Waals surface area (Å²) in [7, 11) is 0. The summed E-state index contributed by atoms with van der Waals surface area (Å²) in [6.45, 7) is 2.42. The number of amides is 1. The Bertz CT molecular complexity index is 661. The van der Waals surface area contributed by atoms with Gasteiger partial charge >= 0.3 is 0 Å². The van der Waals surface area contributed by atoms with E-state index in [1.807, 2.05) is 37.3 Å². The summed E-state index contributed by atoms with van der Waals surface area (Å²) in [6.07, 6.45) is 0.843. The molecule has 0 aromatic heterocycles. The van der Waals surface area contributed by atoms with Crippen molar-refractivity contribution >= 4 is 17.5 Å². The summed E-state index contributed by atoms with van der Waals surface area (Å²) in [5.41, 5.74) is 1.05. The van der Waals surface area contributed by atoms with E-state index in [2.05, 4.69) is 5.32 Å². The minimum Gasteiger partial charge on any atom is -0.351 e. The van der Waals surface area contributed by atoms with E-state index in [0.717, 1.165) is 24.1 Å². The Kier molecular flexibility index (Phi) is 5.50. The molecule has 0 fully saturated rings. The van der Waals surface area contributed by atoms with Crippen molar-refractivity contribution in [2.75, 3.05) is 6.54 Å². The summed E-state index contributed by atoms with van der Waals surface area (Å²) < 4.78 is 26.3. The van der Waals surface area contributed by atoms with Crippen molar-refractivity contribution in [1.29, 1.82) is 0 Å². The van der Waals surface area contributed by atoms with Gasteiger partial charge in [0, 0.05) is 12.5 Å². The molecule has 2 aromatic rings. The Labute approximate surface area is 133 Å². The molecule has 116 valence electrons. The molecule has 1 atom stereocenters. The lowest BCUT2D eigenvalue weighted by Crippen LogP contribution is -2.28.